The maximum absolute atomic E-state index is 11.3. The highest BCUT2D eigenvalue weighted by Crippen LogP contribution is 2.46. The van der Waals surface area contributed by atoms with Crippen LogP contribution >= 0.6 is 27.7 Å². The predicted octanol–water partition coefficient (Wildman–Crippen LogP) is 4.91. The van der Waals surface area contributed by atoms with Gasteiger partial charge >= 0.3 is 0 Å². The van der Waals surface area contributed by atoms with E-state index in [1.807, 2.05) is 48.5 Å². The second-order valence-corrected chi connectivity index (χ2v) is 6.48. The molecular formula is C15H10BrNO2S. The van der Waals surface area contributed by atoms with Crippen molar-refractivity contribution in [1.29, 1.82) is 0 Å². The lowest BCUT2D eigenvalue weighted by Crippen LogP contribution is -2.11. The molecule has 2 aromatic carbocycles. The molecule has 0 spiro atoms. The lowest BCUT2D eigenvalue weighted by Gasteiger charge is -2.20. The summed E-state index contributed by atoms with van der Waals surface area (Å²) in [5.74, 6) is 0. The van der Waals surface area contributed by atoms with Crippen molar-refractivity contribution < 1.29 is 4.92 Å². The number of hydrogen-bond donors (Lipinski definition) is 0. The maximum Gasteiger partial charge on any atom is 0.264 e. The van der Waals surface area contributed by atoms with E-state index in [9.17, 15) is 10.1 Å². The summed E-state index contributed by atoms with van der Waals surface area (Å²) in [7, 11) is 0. The molecule has 1 unspecified atom stereocenters. The van der Waals surface area contributed by atoms with Crippen LogP contribution in [-0.2, 0) is 0 Å². The number of fused-ring (bicyclic) bond motifs is 1. The molecule has 1 heterocycles. The molecule has 0 saturated carbocycles. The van der Waals surface area contributed by atoms with E-state index >= 15 is 0 Å². The lowest BCUT2D eigenvalue weighted by molar-refractivity contribution is -0.425. The zero-order valence-corrected chi connectivity index (χ0v) is 12.7. The first-order valence-corrected chi connectivity index (χ1v) is 7.69. The Bertz CT molecular complexity index is 697. The number of benzene rings is 2. The molecule has 0 fully saturated rings. The highest BCUT2D eigenvalue weighted by atomic mass is 79.9. The van der Waals surface area contributed by atoms with Gasteiger partial charge in [-0.1, -0.05) is 46.3 Å². The van der Waals surface area contributed by atoms with E-state index in [1.54, 1.807) is 6.08 Å². The van der Waals surface area contributed by atoms with Gasteiger partial charge < -0.3 is 0 Å². The van der Waals surface area contributed by atoms with Gasteiger partial charge in [0.15, 0.2) is 0 Å². The van der Waals surface area contributed by atoms with Crippen molar-refractivity contribution in [3.8, 4) is 0 Å². The van der Waals surface area contributed by atoms with Crippen molar-refractivity contribution in [3.05, 3.63) is 79.9 Å². The average Bonchev–Trinajstić information content (AvgIpc) is 2.46. The Morgan fingerprint density at radius 1 is 1.10 bits per heavy atom. The molecular weight excluding hydrogens is 338 g/mol. The topological polar surface area (TPSA) is 43.1 Å². The van der Waals surface area contributed by atoms with E-state index in [-0.39, 0.29) is 15.9 Å². The number of halogens is 1. The van der Waals surface area contributed by atoms with Gasteiger partial charge in [0.1, 0.15) is 5.25 Å². The van der Waals surface area contributed by atoms with Gasteiger partial charge in [0.2, 0.25) is 0 Å². The number of rotatable bonds is 2. The fourth-order valence-corrected chi connectivity index (χ4v) is 3.66. The smallest absolute Gasteiger partial charge is 0.259 e. The molecule has 0 N–H and O–H groups in total. The first-order valence-electron chi connectivity index (χ1n) is 6.02. The zero-order chi connectivity index (χ0) is 14.1. The van der Waals surface area contributed by atoms with Crippen LogP contribution in [0.4, 0.5) is 0 Å². The van der Waals surface area contributed by atoms with Crippen molar-refractivity contribution >= 4 is 33.8 Å². The molecule has 2 aromatic rings. The van der Waals surface area contributed by atoms with Gasteiger partial charge in [0.05, 0.1) is 4.92 Å². The van der Waals surface area contributed by atoms with E-state index in [0.29, 0.717) is 0 Å². The first kappa shape index (κ1) is 13.4. The lowest BCUT2D eigenvalue weighted by atomic mass is 10.1. The van der Waals surface area contributed by atoms with Crippen LogP contribution in [0.25, 0.3) is 6.08 Å². The Morgan fingerprint density at radius 2 is 1.80 bits per heavy atom. The maximum atomic E-state index is 11.3. The Morgan fingerprint density at radius 3 is 2.50 bits per heavy atom. The van der Waals surface area contributed by atoms with E-state index in [0.717, 1.165) is 20.5 Å². The Labute approximate surface area is 129 Å². The van der Waals surface area contributed by atoms with Gasteiger partial charge in [-0.05, 0) is 29.3 Å². The molecule has 5 heteroatoms. The van der Waals surface area contributed by atoms with Gasteiger partial charge in [-0.15, -0.1) is 11.8 Å². The van der Waals surface area contributed by atoms with Crippen molar-refractivity contribution in [2.45, 2.75) is 10.1 Å². The minimum atomic E-state index is -0.282. The molecule has 0 aromatic heterocycles. The van der Waals surface area contributed by atoms with Crippen molar-refractivity contribution in [1.82, 2.24) is 0 Å². The van der Waals surface area contributed by atoms with Crippen molar-refractivity contribution in [2.24, 2.45) is 0 Å². The fourth-order valence-electron chi connectivity index (χ4n) is 2.15. The molecule has 0 bridgehead atoms. The van der Waals surface area contributed by atoms with Gasteiger partial charge in [-0.2, -0.15) is 0 Å². The zero-order valence-electron chi connectivity index (χ0n) is 10.3. The number of nitro groups is 1. The van der Waals surface area contributed by atoms with Crippen LogP contribution in [-0.4, -0.2) is 4.92 Å². The van der Waals surface area contributed by atoms with Crippen LogP contribution < -0.4 is 0 Å². The SMILES string of the molecule is O=[N+]([O-])C1=Cc2ccccc2SC1c1ccc(Br)cc1. The third-order valence-electron chi connectivity index (χ3n) is 3.12. The van der Waals surface area contributed by atoms with E-state index in [2.05, 4.69) is 15.9 Å². The standard InChI is InChI=1S/C15H10BrNO2S/c16-12-7-5-10(6-8-12)15-13(17(18)19)9-11-3-1-2-4-14(11)20-15/h1-9,15H. The van der Waals surface area contributed by atoms with Crippen LogP contribution in [0.1, 0.15) is 16.4 Å². The largest absolute Gasteiger partial charge is 0.264 e. The summed E-state index contributed by atoms with van der Waals surface area (Å²) in [6, 6.07) is 15.4. The minimum absolute atomic E-state index is 0.232. The summed E-state index contributed by atoms with van der Waals surface area (Å²) in [5.41, 5.74) is 2.09. The second kappa shape index (κ2) is 5.42. The summed E-state index contributed by atoms with van der Waals surface area (Å²) in [6.07, 6.45) is 1.68. The number of hydrogen-bond acceptors (Lipinski definition) is 3. The third-order valence-corrected chi connectivity index (χ3v) is 5.02. The van der Waals surface area contributed by atoms with Crippen molar-refractivity contribution in [2.75, 3.05) is 0 Å². The van der Waals surface area contributed by atoms with E-state index < -0.39 is 0 Å². The molecule has 20 heavy (non-hydrogen) atoms. The van der Waals surface area contributed by atoms with Gasteiger partial charge in [0, 0.05) is 15.4 Å². The Hall–Kier alpha value is -1.59. The highest BCUT2D eigenvalue weighted by molar-refractivity contribution is 9.10. The molecule has 1 aliphatic rings. The second-order valence-electron chi connectivity index (χ2n) is 4.41. The molecule has 0 radical (unpaired) electrons. The molecule has 0 saturated heterocycles. The first-order chi connectivity index (χ1) is 9.65. The Balaban J connectivity index is 2.08. The average molecular weight is 348 g/mol. The summed E-state index contributed by atoms with van der Waals surface area (Å²) >= 11 is 4.91. The predicted molar refractivity (Wildman–Crippen MR) is 84.2 cm³/mol. The van der Waals surface area contributed by atoms with Crippen LogP contribution in [0, 0.1) is 10.1 Å². The molecule has 1 aliphatic heterocycles. The van der Waals surface area contributed by atoms with E-state index in [1.165, 1.54) is 11.8 Å². The number of thioether (sulfide) groups is 1. The molecule has 100 valence electrons. The van der Waals surface area contributed by atoms with Crippen LogP contribution in [0.2, 0.25) is 0 Å². The summed E-state index contributed by atoms with van der Waals surface area (Å²) in [4.78, 5) is 12.1. The molecule has 3 rings (SSSR count). The monoisotopic (exact) mass is 347 g/mol. The Kier molecular flexibility index (Phi) is 3.63. The quantitative estimate of drug-likeness (QED) is 0.572. The molecule has 0 amide bonds. The molecule has 0 aliphatic carbocycles. The van der Waals surface area contributed by atoms with Crippen LogP contribution in [0.15, 0.2) is 63.6 Å². The van der Waals surface area contributed by atoms with Crippen molar-refractivity contribution in [3.63, 3.8) is 0 Å². The summed E-state index contributed by atoms with van der Waals surface area (Å²) < 4.78 is 0.967. The molecule has 1 atom stereocenters. The molecule has 3 nitrogen and oxygen atoms in total. The minimum Gasteiger partial charge on any atom is -0.259 e. The summed E-state index contributed by atoms with van der Waals surface area (Å²) in [5, 5.41) is 11.1. The van der Waals surface area contributed by atoms with Gasteiger partial charge in [-0.3, -0.25) is 10.1 Å². The summed E-state index contributed by atoms with van der Waals surface area (Å²) in [6.45, 7) is 0. The van der Waals surface area contributed by atoms with Crippen LogP contribution in [0.3, 0.4) is 0 Å². The van der Waals surface area contributed by atoms with Crippen LogP contribution in [0.5, 0.6) is 0 Å². The highest BCUT2D eigenvalue weighted by Gasteiger charge is 2.31. The third kappa shape index (κ3) is 2.51. The normalized spacial score (nSPS) is 17.2. The number of nitrogens with zero attached hydrogens (tertiary/aromatic N) is 1. The van der Waals surface area contributed by atoms with E-state index in [4.69, 9.17) is 0 Å². The fraction of sp³-hybridized carbons (Fsp3) is 0.0667. The van der Waals surface area contributed by atoms with Gasteiger partial charge in [0.25, 0.3) is 5.70 Å². The van der Waals surface area contributed by atoms with Gasteiger partial charge in [-0.25, -0.2) is 0 Å².